The summed E-state index contributed by atoms with van der Waals surface area (Å²) >= 11 is 0. The smallest absolute Gasteiger partial charge is 0.186 e. The van der Waals surface area contributed by atoms with Gasteiger partial charge >= 0.3 is 0 Å². The van der Waals surface area contributed by atoms with E-state index in [0.29, 0.717) is 67.1 Å². The van der Waals surface area contributed by atoms with Crippen molar-refractivity contribution in [3.63, 3.8) is 0 Å². The number of carbonyl (C=O) groups excluding carboxylic acids is 1. The van der Waals surface area contributed by atoms with Gasteiger partial charge in [0.05, 0.1) is 26.4 Å². The standard InChI is InChI=1S/C33H36N4O5/c1-21-3-6-26-23(17-24(32(39)30(26)34-21)19-36-9-13-41-14-10-36)5-8-29(38)28-18-25(20-37-11-15-42-16-12-37)33(40)31-27(28)7-4-22(2)35-31/h3-8,17-18,39-40H,9-16,19-20H2,1-2H3/b8-5+. The number of hydrogen-bond donors (Lipinski definition) is 2. The predicted octanol–water partition coefficient (Wildman–Crippen LogP) is 4.37. The van der Waals surface area contributed by atoms with Crippen LogP contribution in [0, 0.1) is 13.8 Å². The second kappa shape index (κ2) is 12.1. The molecule has 0 bridgehead atoms. The van der Waals surface area contributed by atoms with Crippen LogP contribution in [0.2, 0.25) is 0 Å². The van der Waals surface area contributed by atoms with Gasteiger partial charge in [0.1, 0.15) is 22.5 Å². The van der Waals surface area contributed by atoms with Crippen molar-refractivity contribution in [1.29, 1.82) is 0 Å². The molecular formula is C33H36N4O5. The summed E-state index contributed by atoms with van der Waals surface area (Å²) in [6.45, 7) is 10.5. The lowest BCUT2D eigenvalue weighted by atomic mass is 9.97. The highest BCUT2D eigenvalue weighted by molar-refractivity contribution is 6.16. The molecule has 2 N–H and O–H groups in total. The topological polar surface area (TPSA) is 108 Å². The third kappa shape index (κ3) is 5.87. The van der Waals surface area contributed by atoms with Crippen LogP contribution < -0.4 is 0 Å². The summed E-state index contributed by atoms with van der Waals surface area (Å²) in [7, 11) is 0. The fourth-order valence-corrected chi connectivity index (χ4v) is 5.72. The average molecular weight is 569 g/mol. The van der Waals surface area contributed by atoms with Gasteiger partial charge in [-0.1, -0.05) is 18.2 Å². The first-order valence-corrected chi connectivity index (χ1v) is 14.4. The number of carbonyl (C=O) groups is 1. The molecule has 0 unspecified atom stereocenters. The van der Waals surface area contributed by atoms with E-state index in [1.165, 1.54) is 0 Å². The molecule has 42 heavy (non-hydrogen) atoms. The highest BCUT2D eigenvalue weighted by Crippen LogP contribution is 2.34. The molecule has 0 radical (unpaired) electrons. The van der Waals surface area contributed by atoms with Gasteiger partial charge in [-0.2, -0.15) is 0 Å². The minimum atomic E-state index is -0.190. The van der Waals surface area contributed by atoms with Crippen molar-refractivity contribution in [1.82, 2.24) is 19.8 Å². The number of aromatic nitrogens is 2. The van der Waals surface area contributed by atoms with E-state index >= 15 is 0 Å². The van der Waals surface area contributed by atoms with Crippen LogP contribution in [0.1, 0.15) is 38.4 Å². The summed E-state index contributed by atoms with van der Waals surface area (Å²) < 4.78 is 11.0. The molecule has 218 valence electrons. The number of morpholine rings is 2. The first-order chi connectivity index (χ1) is 20.4. The molecule has 0 amide bonds. The Bertz CT molecular complexity index is 1670. The van der Waals surface area contributed by atoms with Gasteiger partial charge in [-0.25, -0.2) is 9.97 Å². The monoisotopic (exact) mass is 568 g/mol. The number of benzene rings is 2. The fraction of sp³-hybridized carbons (Fsp3) is 0.364. The zero-order valence-electron chi connectivity index (χ0n) is 24.1. The maximum atomic E-state index is 13.8. The minimum absolute atomic E-state index is 0.111. The lowest BCUT2D eigenvalue weighted by Gasteiger charge is -2.27. The van der Waals surface area contributed by atoms with E-state index in [0.717, 1.165) is 54.1 Å². The second-order valence-electron chi connectivity index (χ2n) is 11.1. The van der Waals surface area contributed by atoms with Gasteiger partial charge in [0.15, 0.2) is 5.78 Å². The molecule has 0 aliphatic carbocycles. The molecule has 2 aliphatic rings. The van der Waals surface area contributed by atoms with Gasteiger partial charge in [-0.3, -0.25) is 14.6 Å². The summed E-state index contributed by atoms with van der Waals surface area (Å²) in [6.07, 6.45) is 3.36. The molecule has 0 saturated carbocycles. The number of nitrogens with zero attached hydrogens (tertiary/aromatic N) is 4. The number of pyridine rings is 2. The molecule has 2 saturated heterocycles. The average Bonchev–Trinajstić information content (AvgIpc) is 3.00. The Morgan fingerprint density at radius 2 is 1.29 bits per heavy atom. The SMILES string of the molecule is Cc1ccc2c(/C=C/C(=O)c3cc(CN4CCOCC4)c(O)c4nc(C)ccc34)cc(CN3CCOCC3)c(O)c2n1. The van der Waals surface area contributed by atoms with E-state index in [2.05, 4.69) is 19.8 Å². The van der Waals surface area contributed by atoms with Crippen LogP contribution in [0.15, 0.2) is 42.5 Å². The first kappa shape index (κ1) is 28.2. The van der Waals surface area contributed by atoms with Gasteiger partial charge in [0.2, 0.25) is 0 Å². The number of rotatable bonds is 7. The number of ketones is 1. The third-order valence-electron chi connectivity index (χ3n) is 8.05. The lowest BCUT2D eigenvalue weighted by molar-refractivity contribution is 0.0338. The molecule has 9 heteroatoms. The molecular weight excluding hydrogens is 532 g/mol. The Morgan fingerprint density at radius 1 is 0.786 bits per heavy atom. The van der Waals surface area contributed by atoms with Gasteiger partial charge < -0.3 is 19.7 Å². The summed E-state index contributed by atoms with van der Waals surface area (Å²) in [5.41, 5.74) is 5.24. The van der Waals surface area contributed by atoms with E-state index in [1.807, 2.05) is 44.2 Å². The van der Waals surface area contributed by atoms with Crippen molar-refractivity contribution in [3.05, 3.63) is 76.1 Å². The molecule has 0 spiro atoms. The minimum Gasteiger partial charge on any atom is -0.505 e. The van der Waals surface area contributed by atoms with E-state index in [9.17, 15) is 15.0 Å². The Kier molecular flexibility index (Phi) is 8.17. The maximum absolute atomic E-state index is 13.8. The predicted molar refractivity (Wildman–Crippen MR) is 162 cm³/mol. The Morgan fingerprint density at radius 3 is 1.86 bits per heavy atom. The summed E-state index contributed by atoms with van der Waals surface area (Å²) in [6, 6.07) is 11.3. The molecule has 2 aromatic carbocycles. The summed E-state index contributed by atoms with van der Waals surface area (Å²) in [4.78, 5) is 27.5. The van der Waals surface area contributed by atoms with Gasteiger partial charge in [-0.15, -0.1) is 0 Å². The van der Waals surface area contributed by atoms with Crippen LogP contribution in [0.5, 0.6) is 11.5 Å². The Labute approximate surface area is 245 Å². The molecule has 4 heterocycles. The van der Waals surface area contributed by atoms with Crippen LogP contribution in [0.3, 0.4) is 0 Å². The van der Waals surface area contributed by atoms with Crippen molar-refractivity contribution >= 4 is 33.7 Å². The number of aryl methyl sites for hydroxylation is 2. The molecule has 0 atom stereocenters. The second-order valence-corrected chi connectivity index (χ2v) is 11.1. The van der Waals surface area contributed by atoms with Gasteiger partial charge in [-0.05, 0) is 49.8 Å². The molecule has 2 fully saturated rings. The number of aromatic hydroxyl groups is 2. The Hall–Kier alpha value is -3.89. The summed E-state index contributed by atoms with van der Waals surface area (Å²) in [5, 5.41) is 23.7. The number of hydrogen-bond acceptors (Lipinski definition) is 9. The normalized spacial score (nSPS) is 17.0. The van der Waals surface area contributed by atoms with Crippen molar-refractivity contribution in [3.8, 4) is 11.5 Å². The van der Waals surface area contributed by atoms with Gasteiger partial charge in [0, 0.05) is 78.1 Å². The number of phenolic OH excluding ortho intramolecular Hbond substituents is 2. The van der Waals surface area contributed by atoms with Crippen molar-refractivity contribution < 1.29 is 24.5 Å². The first-order valence-electron chi connectivity index (χ1n) is 14.4. The lowest BCUT2D eigenvalue weighted by Crippen LogP contribution is -2.35. The van der Waals surface area contributed by atoms with Crippen molar-refractivity contribution in [2.75, 3.05) is 52.6 Å². The van der Waals surface area contributed by atoms with Crippen molar-refractivity contribution in [2.24, 2.45) is 0 Å². The largest absolute Gasteiger partial charge is 0.505 e. The van der Waals surface area contributed by atoms with Gasteiger partial charge in [0.25, 0.3) is 0 Å². The fourth-order valence-electron chi connectivity index (χ4n) is 5.72. The van der Waals surface area contributed by atoms with E-state index < -0.39 is 0 Å². The quantitative estimate of drug-likeness (QED) is 0.248. The zero-order chi connectivity index (χ0) is 29.2. The van der Waals surface area contributed by atoms with Crippen LogP contribution in [0.25, 0.3) is 27.9 Å². The van der Waals surface area contributed by atoms with Crippen LogP contribution in [0.4, 0.5) is 0 Å². The highest BCUT2D eigenvalue weighted by Gasteiger charge is 2.21. The van der Waals surface area contributed by atoms with E-state index in [-0.39, 0.29) is 17.3 Å². The van der Waals surface area contributed by atoms with E-state index in [1.54, 1.807) is 18.2 Å². The van der Waals surface area contributed by atoms with Crippen LogP contribution in [-0.4, -0.2) is 88.4 Å². The summed E-state index contributed by atoms with van der Waals surface area (Å²) in [5.74, 6) is 0.0896. The molecule has 9 nitrogen and oxygen atoms in total. The van der Waals surface area contributed by atoms with Crippen LogP contribution >= 0.6 is 0 Å². The molecule has 4 aromatic rings. The number of fused-ring (bicyclic) bond motifs is 2. The molecule has 2 aliphatic heterocycles. The number of phenols is 2. The van der Waals surface area contributed by atoms with Crippen LogP contribution in [-0.2, 0) is 22.6 Å². The van der Waals surface area contributed by atoms with Crippen molar-refractivity contribution in [2.45, 2.75) is 26.9 Å². The Balaban J connectivity index is 1.38. The van der Waals surface area contributed by atoms with E-state index in [4.69, 9.17) is 9.47 Å². The molecule has 6 rings (SSSR count). The zero-order valence-corrected chi connectivity index (χ0v) is 24.1. The maximum Gasteiger partial charge on any atom is 0.186 e. The highest BCUT2D eigenvalue weighted by atomic mass is 16.5. The number of ether oxygens (including phenoxy) is 2. The third-order valence-corrected chi connectivity index (χ3v) is 8.05. The number of allylic oxidation sites excluding steroid dienone is 1. The molecule has 2 aromatic heterocycles.